The molecule has 27 heavy (non-hydrogen) atoms. The van der Waals surface area contributed by atoms with Gasteiger partial charge in [0.05, 0.1) is 28.7 Å². The number of amides is 1. The fourth-order valence-electron chi connectivity index (χ4n) is 2.65. The second-order valence-corrected chi connectivity index (χ2v) is 7.29. The number of hydrogen-bond donors (Lipinski definition) is 1. The summed E-state index contributed by atoms with van der Waals surface area (Å²) in [6.45, 7) is 1.62. The Morgan fingerprint density at radius 1 is 1.30 bits per heavy atom. The molecule has 1 aliphatic carbocycles. The summed E-state index contributed by atoms with van der Waals surface area (Å²) < 4.78 is 40.1. The second kappa shape index (κ2) is 6.45. The molecule has 2 aromatic heterocycles. The Morgan fingerprint density at radius 3 is 2.78 bits per heavy atom. The minimum Gasteiger partial charge on any atom is -0.296 e. The van der Waals surface area contributed by atoms with E-state index in [9.17, 15) is 18.0 Å². The number of nitrogens with one attached hydrogen (secondary N) is 1. The lowest BCUT2D eigenvalue weighted by Crippen LogP contribution is -2.13. The number of halogens is 3. The van der Waals surface area contributed by atoms with Crippen LogP contribution < -0.4 is 5.32 Å². The van der Waals surface area contributed by atoms with E-state index in [1.807, 2.05) is 0 Å². The SMILES string of the molecule is Cc1c(C(=O)Nc2nnc(C3CC3)s2)cnn1-c1cccc(C(F)(F)F)c1. The van der Waals surface area contributed by atoms with E-state index in [1.165, 1.54) is 34.3 Å². The van der Waals surface area contributed by atoms with Crippen LogP contribution in [0.1, 0.15) is 45.4 Å². The van der Waals surface area contributed by atoms with E-state index in [0.717, 1.165) is 30.0 Å². The van der Waals surface area contributed by atoms with Crippen LogP contribution in [0, 0.1) is 6.92 Å². The lowest BCUT2D eigenvalue weighted by Gasteiger charge is -2.10. The molecular weight excluding hydrogens is 379 g/mol. The predicted molar refractivity (Wildman–Crippen MR) is 93.1 cm³/mol. The molecule has 1 fully saturated rings. The number of hydrogen-bond acceptors (Lipinski definition) is 5. The number of carbonyl (C=O) groups excluding carboxylic acids is 1. The van der Waals surface area contributed by atoms with Gasteiger partial charge in [0.2, 0.25) is 5.13 Å². The topological polar surface area (TPSA) is 72.7 Å². The van der Waals surface area contributed by atoms with Gasteiger partial charge in [-0.3, -0.25) is 10.1 Å². The van der Waals surface area contributed by atoms with Crippen LogP contribution in [0.25, 0.3) is 5.69 Å². The van der Waals surface area contributed by atoms with Gasteiger partial charge in [-0.25, -0.2) is 4.68 Å². The van der Waals surface area contributed by atoms with E-state index >= 15 is 0 Å². The van der Waals surface area contributed by atoms with Crippen LogP contribution in [0.4, 0.5) is 18.3 Å². The molecule has 1 N–H and O–H groups in total. The highest BCUT2D eigenvalue weighted by Gasteiger charge is 2.31. The quantitative estimate of drug-likeness (QED) is 0.722. The van der Waals surface area contributed by atoms with Gasteiger partial charge in [-0.15, -0.1) is 10.2 Å². The summed E-state index contributed by atoms with van der Waals surface area (Å²) >= 11 is 1.33. The Kier molecular flexibility index (Phi) is 4.22. The van der Waals surface area contributed by atoms with Crippen molar-refractivity contribution < 1.29 is 18.0 Å². The van der Waals surface area contributed by atoms with Crippen molar-refractivity contribution in [3.63, 3.8) is 0 Å². The van der Waals surface area contributed by atoms with Crippen molar-refractivity contribution in [1.29, 1.82) is 0 Å². The van der Waals surface area contributed by atoms with Crippen LogP contribution in [0.2, 0.25) is 0 Å². The van der Waals surface area contributed by atoms with Gasteiger partial charge in [-0.2, -0.15) is 18.3 Å². The summed E-state index contributed by atoms with van der Waals surface area (Å²) in [4.78, 5) is 12.5. The van der Waals surface area contributed by atoms with E-state index in [-0.39, 0.29) is 11.3 Å². The van der Waals surface area contributed by atoms with Gasteiger partial charge in [-0.1, -0.05) is 17.4 Å². The fourth-order valence-corrected chi connectivity index (χ4v) is 3.56. The Labute approximate surface area is 156 Å². The summed E-state index contributed by atoms with van der Waals surface area (Å²) in [5.41, 5.74) is 0.144. The van der Waals surface area contributed by atoms with E-state index < -0.39 is 17.6 Å². The smallest absolute Gasteiger partial charge is 0.296 e. The normalized spacial score (nSPS) is 14.4. The molecule has 6 nitrogen and oxygen atoms in total. The lowest BCUT2D eigenvalue weighted by molar-refractivity contribution is -0.137. The van der Waals surface area contributed by atoms with Crippen LogP contribution in [-0.4, -0.2) is 25.9 Å². The maximum absolute atomic E-state index is 12.9. The molecule has 2 heterocycles. The molecule has 1 aliphatic rings. The molecule has 0 spiro atoms. The number of anilines is 1. The molecule has 1 saturated carbocycles. The van der Waals surface area contributed by atoms with Crippen molar-refractivity contribution in [2.75, 3.05) is 5.32 Å². The fraction of sp³-hybridized carbons (Fsp3) is 0.294. The van der Waals surface area contributed by atoms with E-state index in [4.69, 9.17) is 0 Å². The third kappa shape index (κ3) is 3.57. The van der Waals surface area contributed by atoms with Gasteiger partial charge < -0.3 is 0 Å². The lowest BCUT2D eigenvalue weighted by atomic mass is 10.2. The molecular formula is C17H14F3N5OS. The number of alkyl halides is 3. The zero-order chi connectivity index (χ0) is 19.2. The molecule has 0 unspecified atom stereocenters. The molecule has 1 amide bonds. The van der Waals surface area contributed by atoms with Crippen molar-refractivity contribution in [1.82, 2.24) is 20.0 Å². The minimum atomic E-state index is -4.45. The summed E-state index contributed by atoms with van der Waals surface area (Å²) in [6, 6.07) is 4.79. The molecule has 0 bridgehead atoms. The number of benzene rings is 1. The van der Waals surface area contributed by atoms with Gasteiger partial charge in [0, 0.05) is 5.92 Å². The molecule has 10 heteroatoms. The summed E-state index contributed by atoms with van der Waals surface area (Å²) in [5.74, 6) is 0.0165. The third-order valence-corrected chi connectivity index (χ3v) is 5.26. The molecule has 0 radical (unpaired) electrons. The van der Waals surface area contributed by atoms with Crippen LogP contribution in [0.3, 0.4) is 0 Å². The molecule has 3 aromatic rings. The second-order valence-electron chi connectivity index (χ2n) is 6.28. The van der Waals surface area contributed by atoms with Gasteiger partial charge >= 0.3 is 6.18 Å². The molecule has 0 aliphatic heterocycles. The summed E-state index contributed by atoms with van der Waals surface area (Å²) in [7, 11) is 0. The summed E-state index contributed by atoms with van der Waals surface area (Å²) in [6.07, 6.45) is -0.945. The van der Waals surface area contributed by atoms with Crippen molar-refractivity contribution in [3.05, 3.63) is 52.3 Å². The monoisotopic (exact) mass is 393 g/mol. The Balaban J connectivity index is 1.57. The van der Waals surface area contributed by atoms with Crippen molar-refractivity contribution in [3.8, 4) is 5.69 Å². The average Bonchev–Trinajstić information content (AvgIpc) is 3.25. The first-order valence-corrected chi connectivity index (χ1v) is 9.01. The first-order valence-electron chi connectivity index (χ1n) is 8.20. The Bertz CT molecular complexity index is 1010. The maximum atomic E-state index is 12.9. The van der Waals surface area contributed by atoms with Crippen LogP contribution >= 0.6 is 11.3 Å². The van der Waals surface area contributed by atoms with Crippen LogP contribution in [0.15, 0.2) is 30.5 Å². The van der Waals surface area contributed by atoms with Crippen LogP contribution in [0.5, 0.6) is 0 Å². The number of aromatic nitrogens is 4. The number of carbonyl (C=O) groups is 1. The number of rotatable bonds is 4. The molecule has 140 valence electrons. The van der Waals surface area contributed by atoms with Crippen molar-refractivity contribution in [2.24, 2.45) is 0 Å². The summed E-state index contributed by atoms with van der Waals surface area (Å²) in [5, 5.41) is 16.1. The molecule has 4 rings (SSSR count). The number of nitrogens with zero attached hydrogens (tertiary/aromatic N) is 4. The average molecular weight is 393 g/mol. The van der Waals surface area contributed by atoms with Crippen molar-refractivity contribution in [2.45, 2.75) is 31.9 Å². The van der Waals surface area contributed by atoms with Gasteiger partial charge in [0.15, 0.2) is 0 Å². The zero-order valence-corrected chi connectivity index (χ0v) is 14.9. The molecule has 0 saturated heterocycles. The van der Waals surface area contributed by atoms with Gasteiger partial charge in [0.1, 0.15) is 5.01 Å². The maximum Gasteiger partial charge on any atom is 0.416 e. The highest BCUT2D eigenvalue weighted by Crippen LogP contribution is 2.42. The van der Waals surface area contributed by atoms with E-state index in [0.29, 0.717) is 16.7 Å². The van der Waals surface area contributed by atoms with Gasteiger partial charge in [-0.05, 0) is 38.0 Å². The standard InChI is InChI=1S/C17H14F3N5OS/c1-9-13(14(26)22-16-24-23-15(27-16)10-5-6-10)8-21-25(9)12-4-2-3-11(7-12)17(18,19)20/h2-4,7-8,10H,5-6H2,1H3,(H,22,24,26). The Hall–Kier alpha value is -2.75. The van der Waals surface area contributed by atoms with E-state index in [2.05, 4.69) is 20.6 Å². The van der Waals surface area contributed by atoms with Crippen LogP contribution in [-0.2, 0) is 6.18 Å². The third-order valence-electron chi connectivity index (χ3n) is 4.26. The largest absolute Gasteiger partial charge is 0.416 e. The Morgan fingerprint density at radius 2 is 2.07 bits per heavy atom. The van der Waals surface area contributed by atoms with Gasteiger partial charge in [0.25, 0.3) is 5.91 Å². The highest BCUT2D eigenvalue weighted by molar-refractivity contribution is 7.15. The highest BCUT2D eigenvalue weighted by atomic mass is 32.1. The predicted octanol–water partition coefficient (Wildman–Crippen LogP) is 4.18. The molecule has 1 aromatic carbocycles. The van der Waals surface area contributed by atoms with Crippen molar-refractivity contribution >= 4 is 22.4 Å². The zero-order valence-electron chi connectivity index (χ0n) is 14.1. The molecule has 0 atom stereocenters. The first kappa shape index (κ1) is 17.7. The minimum absolute atomic E-state index is 0.230. The first-order chi connectivity index (χ1) is 12.8. The van der Waals surface area contributed by atoms with E-state index in [1.54, 1.807) is 6.92 Å².